The number of nitrogens with zero attached hydrogens (tertiary/aromatic N) is 4. The van der Waals surface area contributed by atoms with Crippen molar-refractivity contribution in [3.05, 3.63) is 36.7 Å². The van der Waals surface area contributed by atoms with Crippen LogP contribution in [0, 0.1) is 6.92 Å². The summed E-state index contributed by atoms with van der Waals surface area (Å²) in [5.74, 6) is 0.384. The average molecular weight is 406 g/mol. The van der Waals surface area contributed by atoms with E-state index in [1.165, 1.54) is 5.52 Å². The number of aromatic nitrogens is 2. The van der Waals surface area contributed by atoms with Gasteiger partial charge in [0.25, 0.3) is 0 Å². The molecular formula is C19H27N5O3S. The van der Waals surface area contributed by atoms with E-state index in [9.17, 15) is 9.59 Å². The van der Waals surface area contributed by atoms with Gasteiger partial charge in [-0.05, 0) is 32.2 Å². The van der Waals surface area contributed by atoms with Crippen LogP contribution in [0.1, 0.15) is 5.69 Å². The summed E-state index contributed by atoms with van der Waals surface area (Å²) >= 11 is 1.77. The van der Waals surface area contributed by atoms with Gasteiger partial charge in [0.1, 0.15) is 6.29 Å². The molecule has 0 radical (unpaired) electrons. The fraction of sp³-hybridized carbons (Fsp3) is 0.421. The van der Waals surface area contributed by atoms with Crippen LogP contribution in [0.3, 0.4) is 0 Å². The number of aldehydes is 1. The van der Waals surface area contributed by atoms with Gasteiger partial charge in [0.15, 0.2) is 0 Å². The predicted molar refractivity (Wildman–Crippen MR) is 112 cm³/mol. The molecule has 1 N–H and O–H groups in total. The highest BCUT2D eigenvalue weighted by atomic mass is 32.2. The summed E-state index contributed by atoms with van der Waals surface area (Å²) in [6.07, 6.45) is 3.82. The van der Waals surface area contributed by atoms with Crippen LogP contribution in [0.25, 0.3) is 10.9 Å². The third-order valence-electron chi connectivity index (χ3n) is 4.15. The Hall–Kier alpha value is -2.36. The Balaban J connectivity index is 0.000000300. The number of hydrogen-bond acceptors (Lipinski definition) is 7. The number of rotatable bonds is 6. The van der Waals surface area contributed by atoms with Crippen molar-refractivity contribution < 1.29 is 14.3 Å². The number of pyridine rings is 1. The normalized spacial score (nSPS) is 14.8. The third kappa shape index (κ3) is 6.08. The predicted octanol–water partition coefficient (Wildman–Crippen LogP) is 1.50. The van der Waals surface area contributed by atoms with Gasteiger partial charge >= 0.3 is 0 Å². The van der Waals surface area contributed by atoms with Crippen molar-refractivity contribution in [3.63, 3.8) is 0 Å². The smallest absolute Gasteiger partial charge is 0.243 e. The van der Waals surface area contributed by atoms with E-state index in [2.05, 4.69) is 55.4 Å². The first-order valence-corrected chi connectivity index (χ1v) is 9.70. The molecule has 3 rings (SSSR count). The molecule has 1 aliphatic rings. The van der Waals surface area contributed by atoms with Gasteiger partial charge in [0.05, 0.1) is 24.6 Å². The molecule has 0 spiro atoms. The SMILES string of the molecule is C=CC(=O)NCC=O.COc1nc(C)cc2c1ccn2SN1CCN(C)CC1. The lowest BCUT2D eigenvalue weighted by Gasteiger charge is -2.31. The summed E-state index contributed by atoms with van der Waals surface area (Å²) in [6, 6.07) is 4.19. The number of ether oxygens (including phenoxy) is 1. The second-order valence-electron chi connectivity index (χ2n) is 6.28. The molecule has 0 bridgehead atoms. The van der Waals surface area contributed by atoms with Crippen molar-refractivity contribution in [2.24, 2.45) is 0 Å². The summed E-state index contributed by atoms with van der Waals surface area (Å²) in [5, 5.41) is 3.33. The monoisotopic (exact) mass is 405 g/mol. The van der Waals surface area contributed by atoms with Crippen LogP contribution < -0.4 is 10.1 Å². The van der Waals surface area contributed by atoms with Crippen LogP contribution >= 0.6 is 12.1 Å². The van der Waals surface area contributed by atoms with E-state index in [-0.39, 0.29) is 12.5 Å². The van der Waals surface area contributed by atoms with Crippen LogP contribution in [0.15, 0.2) is 31.0 Å². The summed E-state index contributed by atoms with van der Waals surface area (Å²) in [4.78, 5) is 26.5. The van der Waals surface area contributed by atoms with Crippen LogP contribution in [-0.2, 0) is 9.59 Å². The number of likely N-dealkylation sites (N-methyl/N-ethyl adjacent to an activating group) is 1. The quantitative estimate of drug-likeness (QED) is 0.443. The summed E-state index contributed by atoms with van der Waals surface area (Å²) in [7, 11) is 3.85. The summed E-state index contributed by atoms with van der Waals surface area (Å²) in [6.45, 7) is 9.66. The van der Waals surface area contributed by atoms with E-state index >= 15 is 0 Å². The second-order valence-corrected chi connectivity index (χ2v) is 7.35. The van der Waals surface area contributed by atoms with Gasteiger partial charge < -0.3 is 19.7 Å². The van der Waals surface area contributed by atoms with Gasteiger partial charge in [-0.3, -0.25) is 8.77 Å². The van der Waals surface area contributed by atoms with Crippen molar-refractivity contribution in [1.29, 1.82) is 0 Å². The summed E-state index contributed by atoms with van der Waals surface area (Å²) < 4.78 is 9.98. The van der Waals surface area contributed by atoms with Crippen molar-refractivity contribution in [3.8, 4) is 5.88 Å². The first kappa shape index (κ1) is 21.9. The molecule has 0 aliphatic carbocycles. The van der Waals surface area contributed by atoms with E-state index in [0.717, 1.165) is 43.3 Å². The lowest BCUT2D eigenvalue weighted by atomic mass is 10.3. The molecule has 0 unspecified atom stereocenters. The molecule has 152 valence electrons. The molecule has 2 aromatic heterocycles. The highest BCUT2D eigenvalue weighted by molar-refractivity contribution is 7.95. The van der Waals surface area contributed by atoms with Crippen LogP contribution in [-0.4, -0.2) is 77.2 Å². The van der Waals surface area contributed by atoms with Crippen molar-refractivity contribution in [2.45, 2.75) is 6.92 Å². The van der Waals surface area contributed by atoms with E-state index in [4.69, 9.17) is 4.74 Å². The molecule has 0 aromatic carbocycles. The fourth-order valence-corrected chi connectivity index (χ4v) is 3.56. The average Bonchev–Trinajstić information content (AvgIpc) is 3.10. The highest BCUT2D eigenvalue weighted by Crippen LogP contribution is 2.29. The first-order valence-electron chi connectivity index (χ1n) is 8.97. The molecule has 28 heavy (non-hydrogen) atoms. The number of amides is 1. The van der Waals surface area contributed by atoms with Gasteiger partial charge in [0, 0.05) is 50.2 Å². The minimum absolute atomic E-state index is 0.0604. The third-order valence-corrected chi connectivity index (χ3v) is 5.24. The standard InChI is InChI=1S/C14H20N4OS.C5H7NO2/c1-11-10-13-12(14(15-11)19-3)4-5-18(13)20-17-8-6-16(2)7-9-17;1-2-5(8)6-3-4-7/h4-5,10H,6-9H2,1-3H3;2,4H,1,3H2,(H,6,8). The number of carbonyl (C=O) groups is 2. The van der Waals surface area contributed by atoms with Crippen molar-refractivity contribution in [1.82, 2.24) is 23.5 Å². The van der Waals surface area contributed by atoms with E-state index in [0.29, 0.717) is 12.2 Å². The number of piperazine rings is 1. The Morgan fingerprint density at radius 3 is 2.71 bits per heavy atom. The van der Waals surface area contributed by atoms with E-state index in [1.807, 2.05) is 6.92 Å². The molecule has 3 heterocycles. The highest BCUT2D eigenvalue weighted by Gasteiger charge is 2.17. The van der Waals surface area contributed by atoms with Crippen LogP contribution in [0.4, 0.5) is 0 Å². The number of aryl methyl sites for hydroxylation is 1. The first-order chi connectivity index (χ1) is 13.5. The summed E-state index contributed by atoms with van der Waals surface area (Å²) in [5.41, 5.74) is 2.14. The molecule has 1 saturated heterocycles. The Bertz CT molecular complexity index is 815. The number of carbonyl (C=O) groups excluding carboxylic acids is 2. The Morgan fingerprint density at radius 1 is 1.39 bits per heavy atom. The zero-order chi connectivity index (χ0) is 20.5. The molecule has 1 amide bonds. The molecule has 2 aromatic rings. The maximum Gasteiger partial charge on any atom is 0.243 e. The number of hydrogen-bond donors (Lipinski definition) is 1. The minimum atomic E-state index is -0.322. The topological polar surface area (TPSA) is 79.7 Å². The molecule has 9 heteroatoms. The molecule has 8 nitrogen and oxygen atoms in total. The fourth-order valence-electron chi connectivity index (χ4n) is 2.63. The molecule has 0 saturated carbocycles. The van der Waals surface area contributed by atoms with E-state index in [1.54, 1.807) is 19.2 Å². The Morgan fingerprint density at radius 2 is 2.11 bits per heavy atom. The zero-order valence-corrected chi connectivity index (χ0v) is 17.4. The number of fused-ring (bicyclic) bond motifs is 1. The Labute approximate surface area is 169 Å². The lowest BCUT2D eigenvalue weighted by molar-refractivity contribution is -0.118. The molecule has 1 aliphatic heterocycles. The lowest BCUT2D eigenvalue weighted by Crippen LogP contribution is -2.41. The van der Waals surface area contributed by atoms with Crippen molar-refractivity contribution in [2.75, 3.05) is 46.9 Å². The van der Waals surface area contributed by atoms with Gasteiger partial charge in [-0.1, -0.05) is 6.58 Å². The largest absolute Gasteiger partial charge is 0.480 e. The van der Waals surface area contributed by atoms with E-state index < -0.39 is 0 Å². The van der Waals surface area contributed by atoms with Gasteiger partial charge in [-0.2, -0.15) is 0 Å². The van der Waals surface area contributed by atoms with Gasteiger partial charge in [-0.25, -0.2) is 9.29 Å². The zero-order valence-electron chi connectivity index (χ0n) is 16.6. The van der Waals surface area contributed by atoms with Crippen LogP contribution in [0.5, 0.6) is 5.88 Å². The maximum absolute atomic E-state index is 10.2. The molecule has 1 fully saturated rings. The Kier molecular flexibility index (Phi) is 8.49. The maximum atomic E-state index is 10.2. The van der Waals surface area contributed by atoms with Gasteiger partial charge in [0.2, 0.25) is 11.8 Å². The second kappa shape index (κ2) is 10.8. The van der Waals surface area contributed by atoms with Crippen molar-refractivity contribution >= 4 is 35.2 Å². The molecule has 0 atom stereocenters. The number of nitrogens with one attached hydrogen (secondary N) is 1. The molecular weight excluding hydrogens is 378 g/mol. The van der Waals surface area contributed by atoms with Crippen LogP contribution in [0.2, 0.25) is 0 Å². The number of methoxy groups -OCH3 is 1. The minimum Gasteiger partial charge on any atom is -0.480 e. The van der Waals surface area contributed by atoms with Gasteiger partial charge in [-0.15, -0.1) is 0 Å².